The topological polar surface area (TPSA) is 68.1 Å². The van der Waals surface area contributed by atoms with E-state index in [0.29, 0.717) is 23.3 Å². The Hall–Kier alpha value is -8.22. The SMILES string of the molecule is Cc1cccc(-n2c3ccc(-c4ccncc4)cc3c3cc(-c4ccncc4)ccc32)c1C(=O)N(C=O)c1c(-c2ccccc2)cc(-c2ccccc2)cc1-c1ccccc1. The molecule has 6 nitrogen and oxygen atoms in total. The van der Waals surface area contributed by atoms with Gasteiger partial charge in [-0.25, -0.2) is 4.90 Å². The molecule has 2 amide bonds. The van der Waals surface area contributed by atoms with E-state index in [1.54, 1.807) is 24.8 Å². The largest absolute Gasteiger partial charge is 0.308 e. The van der Waals surface area contributed by atoms with E-state index in [4.69, 9.17) is 0 Å². The predicted molar refractivity (Wildman–Crippen MR) is 248 cm³/mol. The zero-order valence-corrected chi connectivity index (χ0v) is 33.3. The van der Waals surface area contributed by atoms with Crippen LogP contribution in [0, 0.1) is 6.92 Å². The Kier molecular flexibility index (Phi) is 9.63. The molecule has 0 unspecified atom stereocenters. The second-order valence-corrected chi connectivity index (χ2v) is 15.0. The van der Waals surface area contributed by atoms with Crippen LogP contribution in [0.4, 0.5) is 5.69 Å². The van der Waals surface area contributed by atoms with E-state index in [9.17, 15) is 4.79 Å². The molecule has 10 rings (SSSR count). The zero-order chi connectivity index (χ0) is 41.3. The van der Waals surface area contributed by atoms with E-state index in [1.807, 2.05) is 128 Å². The van der Waals surface area contributed by atoms with Crippen LogP contribution in [0.5, 0.6) is 0 Å². The average Bonchev–Trinajstić information content (AvgIpc) is 3.66. The molecule has 0 aliphatic heterocycles. The quantitative estimate of drug-likeness (QED) is 0.137. The molecular weight excluding hydrogens is 749 g/mol. The van der Waals surface area contributed by atoms with Crippen LogP contribution in [0.1, 0.15) is 15.9 Å². The van der Waals surface area contributed by atoms with Gasteiger partial charge in [-0.1, -0.05) is 115 Å². The lowest BCUT2D eigenvalue weighted by Crippen LogP contribution is -2.32. The second-order valence-electron chi connectivity index (χ2n) is 15.0. The fourth-order valence-corrected chi connectivity index (χ4v) is 8.54. The smallest absolute Gasteiger partial charge is 0.267 e. The van der Waals surface area contributed by atoms with Crippen LogP contribution < -0.4 is 4.90 Å². The molecule has 6 heteroatoms. The number of anilines is 1. The lowest BCUT2D eigenvalue weighted by molar-refractivity contribution is -0.106. The van der Waals surface area contributed by atoms with Gasteiger partial charge in [-0.15, -0.1) is 0 Å². The molecule has 0 bridgehead atoms. The Morgan fingerprint density at radius 3 is 1.41 bits per heavy atom. The van der Waals surface area contributed by atoms with Crippen molar-refractivity contribution in [3.63, 3.8) is 0 Å². The summed E-state index contributed by atoms with van der Waals surface area (Å²) >= 11 is 0. The third kappa shape index (κ3) is 6.76. The van der Waals surface area contributed by atoms with Crippen LogP contribution in [0.25, 0.3) is 83.1 Å². The first-order valence-corrected chi connectivity index (χ1v) is 20.2. The first-order chi connectivity index (χ1) is 30.1. The monoisotopic (exact) mass is 786 g/mol. The molecule has 0 saturated heterocycles. The number of fused-ring (bicyclic) bond motifs is 3. The molecule has 0 radical (unpaired) electrons. The van der Waals surface area contributed by atoms with Gasteiger partial charge in [0.25, 0.3) is 5.91 Å². The van der Waals surface area contributed by atoms with Crippen molar-refractivity contribution in [1.29, 1.82) is 0 Å². The lowest BCUT2D eigenvalue weighted by atomic mass is 9.90. The van der Waals surface area contributed by atoms with Crippen LogP contribution in [-0.2, 0) is 4.79 Å². The summed E-state index contributed by atoms with van der Waals surface area (Å²) < 4.78 is 2.16. The fourth-order valence-electron chi connectivity index (χ4n) is 8.54. The highest BCUT2D eigenvalue weighted by Gasteiger charge is 2.29. The minimum absolute atomic E-state index is 0.426. The Labute approximate surface area is 353 Å². The van der Waals surface area contributed by atoms with Gasteiger partial charge in [-0.2, -0.15) is 0 Å². The van der Waals surface area contributed by atoms with Crippen LogP contribution in [-0.4, -0.2) is 26.9 Å². The number of carbonyl (C=O) groups is 2. The van der Waals surface area contributed by atoms with E-state index in [1.165, 1.54) is 4.90 Å². The molecule has 3 heterocycles. The molecule has 0 N–H and O–H groups in total. The maximum atomic E-state index is 15.7. The zero-order valence-electron chi connectivity index (χ0n) is 33.3. The van der Waals surface area contributed by atoms with Crippen molar-refractivity contribution < 1.29 is 9.59 Å². The highest BCUT2D eigenvalue weighted by atomic mass is 16.2. The summed E-state index contributed by atoms with van der Waals surface area (Å²) in [4.78, 5) is 39.3. The van der Waals surface area contributed by atoms with Crippen molar-refractivity contribution in [3.05, 3.63) is 218 Å². The van der Waals surface area contributed by atoms with Crippen molar-refractivity contribution in [3.8, 4) is 61.3 Å². The lowest BCUT2D eigenvalue weighted by Gasteiger charge is -2.26. The first-order valence-electron chi connectivity index (χ1n) is 20.2. The number of benzene rings is 7. The maximum Gasteiger partial charge on any atom is 0.267 e. The van der Waals surface area contributed by atoms with Gasteiger partial charge in [0.1, 0.15) is 0 Å². The van der Waals surface area contributed by atoms with Crippen LogP contribution in [0.3, 0.4) is 0 Å². The van der Waals surface area contributed by atoms with Crippen LogP contribution >= 0.6 is 0 Å². The number of hydrogen-bond acceptors (Lipinski definition) is 4. The number of pyridine rings is 2. The maximum absolute atomic E-state index is 15.7. The minimum Gasteiger partial charge on any atom is -0.308 e. The Bertz CT molecular complexity index is 3060. The minimum atomic E-state index is -0.429. The highest BCUT2D eigenvalue weighted by molar-refractivity contribution is 6.22. The fraction of sp³-hybridized carbons (Fsp3) is 0.0182. The summed E-state index contributed by atoms with van der Waals surface area (Å²) in [7, 11) is 0. The van der Waals surface area contributed by atoms with E-state index < -0.39 is 5.91 Å². The third-order valence-electron chi connectivity index (χ3n) is 11.4. The molecule has 0 spiro atoms. The Morgan fingerprint density at radius 2 is 0.934 bits per heavy atom. The van der Waals surface area contributed by atoms with Crippen molar-refractivity contribution >= 4 is 39.8 Å². The van der Waals surface area contributed by atoms with E-state index in [2.05, 4.69) is 75.2 Å². The van der Waals surface area contributed by atoms with E-state index >= 15 is 4.79 Å². The number of rotatable bonds is 9. The molecule has 0 atom stereocenters. The summed E-state index contributed by atoms with van der Waals surface area (Å²) in [6, 6.07) is 61.1. The van der Waals surface area contributed by atoms with Gasteiger partial charge >= 0.3 is 0 Å². The van der Waals surface area contributed by atoms with Crippen molar-refractivity contribution in [2.24, 2.45) is 0 Å². The predicted octanol–water partition coefficient (Wildman–Crippen LogP) is 13.0. The summed E-state index contributed by atoms with van der Waals surface area (Å²) in [5.41, 5.74) is 13.7. The molecule has 0 aliphatic rings. The molecule has 0 saturated carbocycles. The molecule has 61 heavy (non-hydrogen) atoms. The van der Waals surface area contributed by atoms with Crippen LogP contribution in [0.15, 0.2) is 207 Å². The van der Waals surface area contributed by atoms with Gasteiger partial charge in [0.05, 0.1) is 28.0 Å². The Morgan fingerprint density at radius 1 is 0.475 bits per heavy atom. The van der Waals surface area contributed by atoms with Gasteiger partial charge < -0.3 is 4.57 Å². The summed E-state index contributed by atoms with van der Waals surface area (Å²) in [5.74, 6) is -0.429. The third-order valence-corrected chi connectivity index (χ3v) is 11.4. The molecule has 10 aromatic rings. The second kappa shape index (κ2) is 15.9. The van der Waals surface area contributed by atoms with E-state index in [-0.39, 0.29) is 0 Å². The van der Waals surface area contributed by atoms with Gasteiger partial charge in [0.15, 0.2) is 0 Å². The van der Waals surface area contributed by atoms with Gasteiger partial charge in [0.2, 0.25) is 6.41 Å². The van der Waals surface area contributed by atoms with Gasteiger partial charge in [-0.05, 0) is 124 Å². The van der Waals surface area contributed by atoms with Gasteiger partial charge in [0, 0.05) is 46.7 Å². The van der Waals surface area contributed by atoms with Gasteiger partial charge in [-0.3, -0.25) is 19.6 Å². The molecule has 290 valence electrons. The standard InChI is InChI=1S/C55H38N4O2/c1-37-12-11-19-52(59-50-22-20-43(39-24-28-56-29-25-39)32-48(50)49-33-44(21-23-51(49)59)40-26-30-57-31-27-40)53(37)55(61)58(36-60)54-46(41-15-7-3-8-16-41)34-45(38-13-5-2-6-14-38)35-47(54)42-17-9-4-10-18-42/h2-36H,1H3. The average molecular weight is 787 g/mol. The molecule has 7 aromatic carbocycles. The van der Waals surface area contributed by atoms with Crippen LogP contribution in [0.2, 0.25) is 0 Å². The number of nitrogens with zero attached hydrogens (tertiary/aromatic N) is 4. The first kappa shape index (κ1) is 37.1. The summed E-state index contributed by atoms with van der Waals surface area (Å²) in [6.45, 7) is 1.94. The number of carbonyl (C=O) groups excluding carboxylic acids is 2. The normalized spacial score (nSPS) is 11.2. The number of aryl methyl sites for hydroxylation is 1. The number of hydrogen-bond donors (Lipinski definition) is 0. The molecule has 0 aliphatic carbocycles. The molecule has 3 aromatic heterocycles. The molecular formula is C55H38N4O2. The summed E-state index contributed by atoms with van der Waals surface area (Å²) in [5, 5.41) is 2.06. The summed E-state index contributed by atoms with van der Waals surface area (Å²) in [6.07, 6.45) is 7.87. The van der Waals surface area contributed by atoms with Crippen molar-refractivity contribution in [2.75, 3.05) is 4.90 Å². The van der Waals surface area contributed by atoms with Crippen molar-refractivity contribution in [1.82, 2.24) is 14.5 Å². The number of amides is 2. The number of imide groups is 1. The van der Waals surface area contributed by atoms with E-state index in [0.717, 1.165) is 83.0 Å². The van der Waals surface area contributed by atoms with Crippen molar-refractivity contribution in [2.45, 2.75) is 6.92 Å². The molecule has 0 fully saturated rings. The highest BCUT2D eigenvalue weighted by Crippen LogP contribution is 2.45. The Balaban J connectivity index is 1.21. The number of aromatic nitrogens is 3.